The molecule has 11 heteroatoms. The standard InChI is InChI=1S/C28H30Cl3N3O4S/c1-19(2)32-28(36)26(14-20-10-6-4-7-11-20)33(17-21-12-8-5-9-13-21)27(35)18-34(39(3,37)38)25-16-23(30)22(29)15-24(25)31/h4-13,15-16,19,26H,14,17-18H2,1-3H3,(H,32,36). The van der Waals surface area contributed by atoms with E-state index in [0.717, 1.165) is 21.7 Å². The van der Waals surface area contributed by atoms with Gasteiger partial charge in [0.05, 0.1) is 27.0 Å². The Morgan fingerprint density at radius 3 is 1.92 bits per heavy atom. The number of hydrogen-bond donors (Lipinski definition) is 1. The molecule has 1 N–H and O–H groups in total. The van der Waals surface area contributed by atoms with Crippen molar-refractivity contribution in [3.63, 3.8) is 0 Å². The number of hydrogen-bond acceptors (Lipinski definition) is 4. The van der Waals surface area contributed by atoms with Crippen LogP contribution in [0.2, 0.25) is 15.1 Å². The lowest BCUT2D eigenvalue weighted by Gasteiger charge is -2.34. The molecule has 0 aliphatic carbocycles. The number of anilines is 1. The SMILES string of the molecule is CC(C)NC(=O)C(Cc1ccccc1)N(Cc1ccccc1)C(=O)CN(c1cc(Cl)c(Cl)cc1Cl)S(C)(=O)=O. The molecule has 3 aromatic rings. The number of nitrogens with one attached hydrogen (secondary N) is 1. The van der Waals surface area contributed by atoms with Crippen molar-refractivity contribution in [2.75, 3.05) is 17.1 Å². The van der Waals surface area contributed by atoms with Crippen molar-refractivity contribution in [1.82, 2.24) is 10.2 Å². The summed E-state index contributed by atoms with van der Waals surface area (Å²) < 4.78 is 26.6. The van der Waals surface area contributed by atoms with Gasteiger partial charge in [-0.05, 0) is 37.1 Å². The van der Waals surface area contributed by atoms with Crippen LogP contribution < -0.4 is 9.62 Å². The van der Waals surface area contributed by atoms with E-state index in [1.165, 1.54) is 17.0 Å². The molecule has 3 aromatic carbocycles. The summed E-state index contributed by atoms with van der Waals surface area (Å²) in [7, 11) is -4.00. The Balaban J connectivity index is 2.07. The first-order valence-corrected chi connectivity index (χ1v) is 15.1. The van der Waals surface area contributed by atoms with Crippen molar-refractivity contribution >= 4 is 62.3 Å². The molecule has 1 unspecified atom stereocenters. The molecular weight excluding hydrogens is 581 g/mol. The fraction of sp³-hybridized carbons (Fsp3) is 0.286. The van der Waals surface area contributed by atoms with E-state index in [9.17, 15) is 18.0 Å². The van der Waals surface area contributed by atoms with E-state index in [1.54, 1.807) is 0 Å². The largest absolute Gasteiger partial charge is 0.352 e. The van der Waals surface area contributed by atoms with Crippen LogP contribution in [0.1, 0.15) is 25.0 Å². The quantitative estimate of drug-likeness (QED) is 0.287. The lowest BCUT2D eigenvalue weighted by molar-refractivity contribution is -0.140. The molecule has 0 aromatic heterocycles. The zero-order valence-corrected chi connectivity index (χ0v) is 24.9. The summed E-state index contributed by atoms with van der Waals surface area (Å²) in [5.74, 6) is -0.942. The zero-order valence-electron chi connectivity index (χ0n) is 21.8. The van der Waals surface area contributed by atoms with E-state index < -0.39 is 28.5 Å². The highest BCUT2D eigenvalue weighted by Gasteiger charge is 2.33. The van der Waals surface area contributed by atoms with Crippen LogP contribution in [0, 0.1) is 0 Å². The topological polar surface area (TPSA) is 86.8 Å². The van der Waals surface area contributed by atoms with Crippen LogP contribution in [-0.4, -0.2) is 50.0 Å². The second-order valence-electron chi connectivity index (χ2n) is 9.36. The van der Waals surface area contributed by atoms with Crippen molar-refractivity contribution in [3.05, 3.63) is 99.0 Å². The molecule has 3 rings (SSSR count). The number of carbonyl (C=O) groups excluding carboxylic acids is 2. The average Bonchev–Trinajstić information content (AvgIpc) is 2.87. The molecular formula is C28H30Cl3N3O4S. The van der Waals surface area contributed by atoms with Gasteiger partial charge in [0.25, 0.3) is 0 Å². The maximum absolute atomic E-state index is 14.0. The van der Waals surface area contributed by atoms with Gasteiger partial charge in [-0.25, -0.2) is 8.42 Å². The molecule has 0 saturated carbocycles. The van der Waals surface area contributed by atoms with Crippen LogP contribution in [0.15, 0.2) is 72.8 Å². The Morgan fingerprint density at radius 2 is 1.38 bits per heavy atom. The Hall–Kier alpha value is -2.78. The molecule has 0 heterocycles. The van der Waals surface area contributed by atoms with Crippen LogP contribution in [0.3, 0.4) is 0 Å². The molecule has 0 bridgehead atoms. The van der Waals surface area contributed by atoms with E-state index >= 15 is 0 Å². The summed E-state index contributed by atoms with van der Waals surface area (Å²) in [5.41, 5.74) is 1.63. The minimum absolute atomic E-state index is 0.00724. The summed E-state index contributed by atoms with van der Waals surface area (Å²) in [5, 5.41) is 3.14. The maximum Gasteiger partial charge on any atom is 0.244 e. The fourth-order valence-electron chi connectivity index (χ4n) is 4.01. The van der Waals surface area contributed by atoms with Gasteiger partial charge in [-0.1, -0.05) is 95.5 Å². The average molecular weight is 611 g/mol. The van der Waals surface area contributed by atoms with E-state index in [4.69, 9.17) is 34.8 Å². The molecule has 7 nitrogen and oxygen atoms in total. The number of halogens is 3. The van der Waals surface area contributed by atoms with Gasteiger partial charge in [0, 0.05) is 19.0 Å². The first kappa shape index (κ1) is 30.8. The number of benzene rings is 3. The number of sulfonamides is 1. The van der Waals surface area contributed by atoms with Crippen LogP contribution in [0.4, 0.5) is 5.69 Å². The summed E-state index contributed by atoms with van der Waals surface area (Å²) >= 11 is 18.5. The molecule has 0 fully saturated rings. The van der Waals surface area contributed by atoms with Gasteiger partial charge in [0.1, 0.15) is 12.6 Å². The van der Waals surface area contributed by atoms with Gasteiger partial charge in [-0.2, -0.15) is 0 Å². The van der Waals surface area contributed by atoms with Crippen molar-refractivity contribution in [3.8, 4) is 0 Å². The summed E-state index contributed by atoms with van der Waals surface area (Å²) in [4.78, 5) is 28.9. The normalized spacial score (nSPS) is 12.2. The van der Waals surface area contributed by atoms with E-state index in [0.29, 0.717) is 0 Å². The third kappa shape index (κ3) is 8.60. The Morgan fingerprint density at radius 1 is 0.846 bits per heavy atom. The monoisotopic (exact) mass is 609 g/mol. The van der Waals surface area contributed by atoms with Gasteiger partial charge in [0.2, 0.25) is 21.8 Å². The van der Waals surface area contributed by atoms with Gasteiger partial charge < -0.3 is 10.2 Å². The second-order valence-corrected chi connectivity index (χ2v) is 12.5. The first-order chi connectivity index (χ1) is 18.4. The number of amides is 2. The summed E-state index contributed by atoms with van der Waals surface area (Å²) in [6.07, 6.45) is 1.19. The van der Waals surface area contributed by atoms with E-state index in [1.807, 2.05) is 74.5 Å². The van der Waals surface area contributed by atoms with Crippen molar-refractivity contribution in [2.24, 2.45) is 0 Å². The lowest BCUT2D eigenvalue weighted by atomic mass is 10.0. The molecule has 2 amide bonds. The zero-order chi connectivity index (χ0) is 28.7. The van der Waals surface area contributed by atoms with Crippen molar-refractivity contribution in [2.45, 2.75) is 38.9 Å². The highest BCUT2D eigenvalue weighted by atomic mass is 35.5. The van der Waals surface area contributed by atoms with Gasteiger partial charge in [0.15, 0.2) is 0 Å². The second kappa shape index (κ2) is 13.5. The van der Waals surface area contributed by atoms with E-state index in [2.05, 4.69) is 5.32 Å². The molecule has 39 heavy (non-hydrogen) atoms. The highest BCUT2D eigenvalue weighted by Crippen LogP contribution is 2.35. The minimum atomic E-state index is -4.00. The molecule has 0 aliphatic rings. The van der Waals surface area contributed by atoms with Crippen LogP contribution in [0.25, 0.3) is 0 Å². The Kier molecular flexibility index (Phi) is 10.7. The van der Waals surface area contributed by atoms with Crippen molar-refractivity contribution in [1.29, 1.82) is 0 Å². The van der Waals surface area contributed by atoms with Gasteiger partial charge in [-0.15, -0.1) is 0 Å². The third-order valence-electron chi connectivity index (χ3n) is 5.84. The molecule has 0 radical (unpaired) electrons. The smallest absolute Gasteiger partial charge is 0.244 e. The van der Waals surface area contributed by atoms with Crippen LogP contribution >= 0.6 is 34.8 Å². The van der Waals surface area contributed by atoms with Crippen LogP contribution in [0.5, 0.6) is 0 Å². The number of rotatable bonds is 11. The molecule has 208 valence electrons. The summed E-state index contributed by atoms with van der Waals surface area (Å²) in [6, 6.07) is 20.0. The Bertz CT molecular complexity index is 1400. The maximum atomic E-state index is 14.0. The van der Waals surface area contributed by atoms with Gasteiger partial charge >= 0.3 is 0 Å². The Labute approximate surface area is 244 Å². The number of nitrogens with zero attached hydrogens (tertiary/aromatic N) is 2. The third-order valence-corrected chi connectivity index (χ3v) is 7.99. The molecule has 0 saturated heterocycles. The van der Waals surface area contributed by atoms with E-state index in [-0.39, 0.29) is 45.7 Å². The molecule has 0 aliphatic heterocycles. The molecule has 1 atom stereocenters. The highest BCUT2D eigenvalue weighted by molar-refractivity contribution is 7.92. The number of carbonyl (C=O) groups is 2. The van der Waals surface area contributed by atoms with Gasteiger partial charge in [-0.3, -0.25) is 13.9 Å². The summed E-state index contributed by atoms with van der Waals surface area (Å²) in [6.45, 7) is 3.13. The van der Waals surface area contributed by atoms with Crippen molar-refractivity contribution < 1.29 is 18.0 Å². The lowest BCUT2D eigenvalue weighted by Crippen LogP contribution is -2.54. The minimum Gasteiger partial charge on any atom is -0.352 e. The molecule has 0 spiro atoms. The van der Waals surface area contributed by atoms with Crippen LogP contribution in [-0.2, 0) is 32.6 Å². The predicted molar refractivity (Wildman–Crippen MR) is 158 cm³/mol. The first-order valence-electron chi connectivity index (χ1n) is 12.2. The predicted octanol–water partition coefficient (Wildman–Crippen LogP) is 5.58. The fourth-order valence-corrected chi connectivity index (χ4v) is 5.56.